The number of carbonyl (C=O) groups is 1. The number of halogens is 1. The van der Waals surface area contributed by atoms with Crippen LogP contribution in [-0.2, 0) is 0 Å². The topological polar surface area (TPSA) is 68.0 Å². The van der Waals surface area contributed by atoms with E-state index in [4.69, 9.17) is 4.42 Å². The van der Waals surface area contributed by atoms with Crippen LogP contribution in [-0.4, -0.2) is 21.9 Å². The van der Waals surface area contributed by atoms with Crippen LogP contribution in [0.25, 0.3) is 10.8 Å². The van der Waals surface area contributed by atoms with Crippen LogP contribution < -0.4 is 5.32 Å². The van der Waals surface area contributed by atoms with E-state index < -0.39 is 0 Å². The quantitative estimate of drug-likeness (QED) is 0.605. The van der Waals surface area contributed by atoms with Crippen molar-refractivity contribution in [3.8, 4) is 10.8 Å². The molecule has 0 saturated heterocycles. The van der Waals surface area contributed by atoms with Crippen molar-refractivity contribution in [2.75, 3.05) is 11.1 Å². The lowest BCUT2D eigenvalue weighted by Crippen LogP contribution is -2.11. The molecule has 3 rings (SSSR count). The van der Waals surface area contributed by atoms with Gasteiger partial charge in [-0.15, -0.1) is 28.2 Å². The van der Waals surface area contributed by atoms with Gasteiger partial charge in [0.25, 0.3) is 11.8 Å². The highest BCUT2D eigenvalue weighted by atomic mass is 79.9. The highest BCUT2D eigenvalue weighted by Gasteiger charge is 2.14. The van der Waals surface area contributed by atoms with E-state index in [0.717, 1.165) is 19.3 Å². The van der Waals surface area contributed by atoms with Crippen molar-refractivity contribution in [1.82, 2.24) is 10.2 Å². The van der Waals surface area contributed by atoms with Crippen LogP contribution in [0.3, 0.4) is 0 Å². The molecule has 0 radical (unpaired) electrons. The molecule has 3 aromatic rings. The number of thioether (sulfide) groups is 1. The van der Waals surface area contributed by atoms with Crippen LogP contribution in [0.1, 0.15) is 17.3 Å². The fraction of sp³-hybridized carbons (Fsp3) is 0.133. The van der Waals surface area contributed by atoms with Gasteiger partial charge < -0.3 is 4.42 Å². The standard InChI is InChI=1S/C15H12BrN3O2S2/c1-2-22-10-5-3-9(4-6-10)13(20)17-15-19-18-14(21-15)11-7-8-12(16)23-11/h3-8H,2H2,1H3,(H,17,19,20). The SMILES string of the molecule is CCSc1ccc(C(=O)Nc2nnc(-c3ccc(Br)s3)o2)cc1. The zero-order valence-corrected chi connectivity index (χ0v) is 15.3. The molecule has 1 aromatic carbocycles. The molecule has 0 fully saturated rings. The number of hydrogen-bond acceptors (Lipinski definition) is 6. The number of nitrogens with zero attached hydrogens (tertiary/aromatic N) is 2. The van der Waals surface area contributed by atoms with E-state index in [-0.39, 0.29) is 11.9 Å². The van der Waals surface area contributed by atoms with Crippen molar-refractivity contribution < 1.29 is 9.21 Å². The number of aromatic nitrogens is 2. The molecule has 23 heavy (non-hydrogen) atoms. The minimum absolute atomic E-state index is 0.0848. The molecule has 0 unspecified atom stereocenters. The minimum Gasteiger partial charge on any atom is -0.402 e. The summed E-state index contributed by atoms with van der Waals surface area (Å²) in [5, 5.41) is 10.4. The lowest BCUT2D eigenvalue weighted by Gasteiger charge is -2.02. The van der Waals surface area contributed by atoms with Gasteiger partial charge in [0, 0.05) is 10.5 Å². The first-order valence-electron chi connectivity index (χ1n) is 6.79. The van der Waals surface area contributed by atoms with Gasteiger partial charge in [0.1, 0.15) is 0 Å². The van der Waals surface area contributed by atoms with Gasteiger partial charge in [-0.2, -0.15) is 0 Å². The molecule has 1 N–H and O–H groups in total. The van der Waals surface area contributed by atoms with Gasteiger partial charge in [0.05, 0.1) is 8.66 Å². The lowest BCUT2D eigenvalue weighted by atomic mass is 10.2. The van der Waals surface area contributed by atoms with Gasteiger partial charge in [0.2, 0.25) is 0 Å². The van der Waals surface area contributed by atoms with Crippen LogP contribution in [0.4, 0.5) is 6.01 Å². The maximum absolute atomic E-state index is 12.2. The summed E-state index contributed by atoms with van der Waals surface area (Å²) in [7, 11) is 0. The van der Waals surface area contributed by atoms with Crippen molar-refractivity contribution in [1.29, 1.82) is 0 Å². The third kappa shape index (κ3) is 4.01. The first-order chi connectivity index (χ1) is 11.2. The molecule has 0 atom stereocenters. The molecular formula is C15H12BrN3O2S2. The molecule has 0 aliphatic heterocycles. The molecule has 2 heterocycles. The van der Waals surface area contributed by atoms with Crippen LogP contribution in [0.5, 0.6) is 0 Å². The molecule has 1 amide bonds. The summed E-state index contributed by atoms with van der Waals surface area (Å²) in [6.07, 6.45) is 0. The Hall–Kier alpha value is -1.64. The number of benzene rings is 1. The maximum Gasteiger partial charge on any atom is 0.322 e. The number of carbonyl (C=O) groups excluding carboxylic acids is 1. The monoisotopic (exact) mass is 409 g/mol. The lowest BCUT2D eigenvalue weighted by molar-refractivity contribution is 0.102. The first kappa shape index (κ1) is 16.2. The Morgan fingerprint density at radius 2 is 2.04 bits per heavy atom. The van der Waals surface area contributed by atoms with Crippen molar-refractivity contribution in [3.05, 3.63) is 45.7 Å². The van der Waals surface area contributed by atoms with E-state index in [1.807, 2.05) is 24.3 Å². The van der Waals surface area contributed by atoms with Crippen molar-refractivity contribution in [2.45, 2.75) is 11.8 Å². The average Bonchev–Trinajstić information content (AvgIpc) is 3.17. The molecule has 0 aliphatic carbocycles. The van der Waals surface area contributed by atoms with E-state index in [2.05, 4.69) is 38.4 Å². The van der Waals surface area contributed by atoms with E-state index in [1.165, 1.54) is 11.3 Å². The number of hydrogen-bond donors (Lipinski definition) is 1. The zero-order valence-electron chi connectivity index (χ0n) is 12.1. The second kappa shape index (κ2) is 7.29. The van der Waals surface area contributed by atoms with Gasteiger partial charge in [0.15, 0.2) is 0 Å². The first-order valence-corrected chi connectivity index (χ1v) is 9.38. The molecule has 118 valence electrons. The maximum atomic E-state index is 12.2. The van der Waals surface area contributed by atoms with Gasteiger partial charge in [-0.1, -0.05) is 12.0 Å². The number of amides is 1. The van der Waals surface area contributed by atoms with Crippen LogP contribution in [0, 0.1) is 0 Å². The molecule has 0 bridgehead atoms. The molecule has 5 nitrogen and oxygen atoms in total. The zero-order chi connectivity index (χ0) is 16.2. The van der Waals surface area contributed by atoms with Gasteiger partial charge in [-0.25, -0.2) is 0 Å². The second-order valence-electron chi connectivity index (χ2n) is 4.43. The number of rotatable bonds is 5. The summed E-state index contributed by atoms with van der Waals surface area (Å²) in [4.78, 5) is 14.2. The molecule has 0 saturated carbocycles. The summed E-state index contributed by atoms with van der Waals surface area (Å²) in [5.41, 5.74) is 0.545. The van der Waals surface area contributed by atoms with Crippen LogP contribution in [0.15, 0.2) is 49.5 Å². The van der Waals surface area contributed by atoms with Gasteiger partial charge in [-0.05, 0) is 58.1 Å². The van der Waals surface area contributed by atoms with E-state index >= 15 is 0 Å². The number of thiophene rings is 1. The van der Waals surface area contributed by atoms with E-state index in [0.29, 0.717) is 11.5 Å². The van der Waals surface area contributed by atoms with Gasteiger partial charge >= 0.3 is 6.01 Å². The van der Waals surface area contributed by atoms with Crippen LogP contribution in [0.2, 0.25) is 0 Å². The Morgan fingerprint density at radius 3 is 2.70 bits per heavy atom. The Bertz CT molecular complexity index is 814. The normalized spacial score (nSPS) is 10.7. The Balaban J connectivity index is 1.69. The minimum atomic E-state index is -0.277. The summed E-state index contributed by atoms with van der Waals surface area (Å²) >= 11 is 6.59. The molecular weight excluding hydrogens is 398 g/mol. The highest BCUT2D eigenvalue weighted by Crippen LogP contribution is 2.31. The predicted octanol–water partition coefficient (Wildman–Crippen LogP) is 4.92. The highest BCUT2D eigenvalue weighted by molar-refractivity contribution is 9.11. The molecule has 0 spiro atoms. The van der Waals surface area contributed by atoms with Crippen molar-refractivity contribution in [3.63, 3.8) is 0 Å². The number of nitrogens with one attached hydrogen (secondary N) is 1. The van der Waals surface area contributed by atoms with Crippen molar-refractivity contribution in [2.24, 2.45) is 0 Å². The van der Waals surface area contributed by atoms with Crippen molar-refractivity contribution >= 4 is 51.0 Å². The Labute approximate surface area is 149 Å². The van der Waals surface area contributed by atoms with Crippen LogP contribution >= 0.6 is 39.0 Å². The van der Waals surface area contributed by atoms with E-state index in [9.17, 15) is 4.79 Å². The Morgan fingerprint density at radius 1 is 1.26 bits per heavy atom. The summed E-state index contributed by atoms with van der Waals surface area (Å²) in [6, 6.07) is 11.3. The predicted molar refractivity (Wildman–Crippen MR) is 96.1 cm³/mol. The molecule has 8 heteroatoms. The largest absolute Gasteiger partial charge is 0.402 e. The summed E-state index contributed by atoms with van der Waals surface area (Å²) < 4.78 is 6.44. The summed E-state index contributed by atoms with van der Waals surface area (Å²) in [5.74, 6) is 1.10. The van der Waals surface area contributed by atoms with E-state index in [1.54, 1.807) is 23.9 Å². The van der Waals surface area contributed by atoms with Gasteiger partial charge in [-0.3, -0.25) is 10.1 Å². The molecule has 0 aliphatic rings. The average molecular weight is 410 g/mol. The molecule has 2 aromatic heterocycles. The smallest absolute Gasteiger partial charge is 0.322 e. The third-order valence-corrected chi connectivity index (χ3v) is 5.36. The fourth-order valence-corrected chi connectivity index (χ4v) is 3.81. The Kier molecular flexibility index (Phi) is 5.14. The summed E-state index contributed by atoms with van der Waals surface area (Å²) in [6.45, 7) is 2.09. The number of anilines is 1. The third-order valence-electron chi connectivity index (χ3n) is 2.86. The fourth-order valence-electron chi connectivity index (χ4n) is 1.84. The second-order valence-corrected chi connectivity index (χ2v) is 8.23.